The van der Waals surface area contributed by atoms with Gasteiger partial charge in [0.15, 0.2) is 11.4 Å². The van der Waals surface area contributed by atoms with E-state index in [1.54, 1.807) is 39.7 Å². The lowest BCUT2D eigenvalue weighted by Crippen LogP contribution is -2.45. The number of para-hydroxylation sites is 4. The maximum absolute atomic E-state index is 16.5. The van der Waals surface area contributed by atoms with E-state index >= 15 is 4.11 Å². The van der Waals surface area contributed by atoms with Gasteiger partial charge in [0.25, 0.3) is 11.8 Å². The minimum absolute atomic E-state index is 0.114. The summed E-state index contributed by atoms with van der Waals surface area (Å²) in [5.74, 6) is -0.110. The molecule has 10 nitrogen and oxygen atoms in total. The van der Waals surface area contributed by atoms with E-state index in [2.05, 4.69) is 10.3 Å². The second-order valence-electron chi connectivity index (χ2n) is 15.9. The Balaban J connectivity index is 0.978. The number of anilines is 3. The minimum atomic E-state index is -3.39. The van der Waals surface area contributed by atoms with Crippen LogP contribution in [0.15, 0.2) is 134 Å². The van der Waals surface area contributed by atoms with Crippen molar-refractivity contribution in [3.63, 3.8) is 0 Å². The summed E-state index contributed by atoms with van der Waals surface area (Å²) in [6.45, 7) is 5.91. The van der Waals surface area contributed by atoms with Crippen molar-refractivity contribution in [2.75, 3.05) is 16.4 Å². The topological polar surface area (TPSA) is 110 Å². The van der Waals surface area contributed by atoms with Crippen LogP contribution in [0.3, 0.4) is 0 Å². The fourth-order valence-corrected chi connectivity index (χ4v) is 11.9. The second kappa shape index (κ2) is 14.8. The Morgan fingerprint density at radius 3 is 2.26 bits per heavy atom. The van der Waals surface area contributed by atoms with Gasteiger partial charge in [0.2, 0.25) is 8.41 Å². The number of carbonyl (C=O) groups is 2. The van der Waals surface area contributed by atoms with E-state index in [1.165, 1.54) is 0 Å². The number of aromatic nitrogens is 3. The molecule has 2 amide bonds. The molecule has 4 heterocycles. The number of aliphatic hydroxyl groups is 1. The zero-order valence-electron chi connectivity index (χ0n) is 32.5. The Labute approximate surface area is 337 Å². The highest BCUT2D eigenvalue weighted by Crippen LogP contribution is 2.60. The van der Waals surface area contributed by atoms with Crippen LogP contribution in [0.5, 0.6) is 11.5 Å². The Bertz CT molecular complexity index is 2490. The van der Waals surface area contributed by atoms with Crippen LogP contribution in [0.2, 0.25) is 18.6 Å². The van der Waals surface area contributed by atoms with Crippen molar-refractivity contribution in [3.05, 3.63) is 162 Å². The summed E-state index contributed by atoms with van der Waals surface area (Å²) in [4.78, 5) is 32.4. The SMILES string of the molecule is C[C@@H]1[C@@H]([Si](C)(C)F)[C@H](CCn2cc(C(CO)c3ccccc3)nn2)O[C@@]12C(=O)N(Cc1ccc(N3C(=O)c4ccccc4Oc4ccccc43)cc1)c1ccccc12. The average Bonchev–Trinajstić information content (AvgIpc) is 3.86. The van der Waals surface area contributed by atoms with Gasteiger partial charge in [-0.15, -0.1) is 5.10 Å². The van der Waals surface area contributed by atoms with E-state index in [0.717, 1.165) is 22.4 Å². The van der Waals surface area contributed by atoms with Gasteiger partial charge in [0.1, 0.15) is 5.75 Å². The van der Waals surface area contributed by atoms with Crippen LogP contribution < -0.4 is 14.5 Å². The van der Waals surface area contributed by atoms with E-state index in [4.69, 9.17) is 9.47 Å². The molecular formula is C46H44FN5O5Si. The lowest BCUT2D eigenvalue weighted by molar-refractivity contribution is -0.146. The van der Waals surface area contributed by atoms with Crippen molar-refractivity contribution >= 4 is 37.3 Å². The molecule has 0 saturated carbocycles. The summed E-state index contributed by atoms with van der Waals surface area (Å²) >= 11 is 0. The first-order chi connectivity index (χ1) is 28.1. The van der Waals surface area contributed by atoms with E-state index in [-0.39, 0.29) is 30.9 Å². The minimum Gasteiger partial charge on any atom is -0.454 e. The van der Waals surface area contributed by atoms with Crippen LogP contribution in [-0.4, -0.2) is 53.0 Å². The zero-order valence-corrected chi connectivity index (χ0v) is 33.5. The fraction of sp³-hybridized carbons (Fsp3) is 0.261. The Hall–Kier alpha value is -5.95. The number of halogens is 1. The Morgan fingerprint density at radius 2 is 1.52 bits per heavy atom. The van der Waals surface area contributed by atoms with Gasteiger partial charge in [-0.25, -0.2) is 0 Å². The van der Waals surface area contributed by atoms with E-state index in [0.29, 0.717) is 47.1 Å². The van der Waals surface area contributed by atoms with Gasteiger partial charge in [0, 0.05) is 35.5 Å². The van der Waals surface area contributed by atoms with Crippen LogP contribution in [0, 0.1) is 5.92 Å². The Morgan fingerprint density at radius 1 is 0.845 bits per heavy atom. The number of nitrogens with zero attached hydrogens (tertiary/aromatic N) is 5. The summed E-state index contributed by atoms with van der Waals surface area (Å²) < 4.78 is 31.4. The van der Waals surface area contributed by atoms with Gasteiger partial charge in [0.05, 0.1) is 47.8 Å². The van der Waals surface area contributed by atoms with Gasteiger partial charge in [-0.3, -0.25) is 19.2 Å². The number of aliphatic hydroxyl groups excluding tert-OH is 1. The maximum Gasteiger partial charge on any atom is 0.266 e. The maximum atomic E-state index is 16.5. The van der Waals surface area contributed by atoms with Crippen LogP contribution in [-0.2, 0) is 28.2 Å². The molecule has 9 rings (SSSR count). The molecule has 6 aromatic rings. The van der Waals surface area contributed by atoms with Gasteiger partial charge < -0.3 is 23.6 Å². The molecule has 3 aliphatic rings. The lowest BCUT2D eigenvalue weighted by Gasteiger charge is -2.31. The zero-order chi connectivity index (χ0) is 40.2. The van der Waals surface area contributed by atoms with Crippen molar-refractivity contribution in [1.29, 1.82) is 0 Å². The molecule has 5 aromatic carbocycles. The molecule has 12 heteroatoms. The number of amides is 2. The molecule has 5 atom stereocenters. The summed E-state index contributed by atoms with van der Waals surface area (Å²) in [6.07, 6.45) is 1.71. The highest BCUT2D eigenvalue weighted by atomic mass is 28.4. The average molecular weight is 794 g/mol. The summed E-state index contributed by atoms with van der Waals surface area (Å²) in [7, 11) is -3.39. The first kappa shape index (κ1) is 37.6. The number of aryl methyl sites for hydroxylation is 1. The van der Waals surface area contributed by atoms with Crippen molar-refractivity contribution in [3.8, 4) is 11.5 Å². The summed E-state index contributed by atoms with van der Waals surface area (Å²) in [5.41, 5.74) is 3.84. The molecular weight excluding hydrogens is 750 g/mol. The standard InChI is InChI=1S/C46H44FN5O5Si/c1-30-43(58(2,3)47)42(25-26-50-28-37(48-49-50)35(29-53)32-13-5-4-6-14-32)57-46(30)36-16-8-9-17-38(36)51(45(46)55)27-31-21-23-33(24-22-31)52-39-18-10-12-20-41(39)56-40-19-11-7-15-34(40)44(52)54/h4-24,28,30,35,42-43,53H,25-27,29H2,1-3H3/t30-,35?,42+,43-,46+/m1/s1. The Kier molecular flexibility index (Phi) is 9.58. The number of carbonyl (C=O) groups excluding carboxylic acids is 2. The van der Waals surface area contributed by atoms with Crippen LogP contribution in [0.1, 0.15) is 52.0 Å². The number of benzene rings is 5. The second-order valence-corrected chi connectivity index (χ2v) is 19.7. The molecule has 1 spiro atoms. The molecule has 1 unspecified atom stereocenters. The summed E-state index contributed by atoms with van der Waals surface area (Å²) in [6, 6.07) is 39.6. The molecule has 0 radical (unpaired) electrons. The van der Waals surface area contributed by atoms with Crippen molar-refractivity contribution in [2.45, 2.75) is 62.7 Å². The molecule has 58 heavy (non-hydrogen) atoms. The van der Waals surface area contributed by atoms with Crippen LogP contribution in [0.25, 0.3) is 0 Å². The molecule has 1 fully saturated rings. The normalized spacial score (nSPS) is 21.7. The number of hydrogen-bond donors (Lipinski definition) is 1. The summed E-state index contributed by atoms with van der Waals surface area (Å²) in [5, 5.41) is 18.9. The van der Waals surface area contributed by atoms with Gasteiger partial charge in [-0.1, -0.05) is 97.1 Å². The quantitative estimate of drug-likeness (QED) is 0.109. The van der Waals surface area contributed by atoms with Crippen molar-refractivity contribution in [2.24, 2.45) is 5.92 Å². The number of ether oxygens (including phenoxy) is 2. The van der Waals surface area contributed by atoms with Crippen LogP contribution in [0.4, 0.5) is 21.2 Å². The van der Waals surface area contributed by atoms with Crippen LogP contribution >= 0.6 is 0 Å². The molecule has 0 bridgehead atoms. The largest absolute Gasteiger partial charge is 0.454 e. The smallest absolute Gasteiger partial charge is 0.266 e. The third-order valence-electron chi connectivity index (χ3n) is 12.0. The number of hydrogen-bond acceptors (Lipinski definition) is 7. The highest BCUT2D eigenvalue weighted by molar-refractivity contribution is 6.72. The predicted molar refractivity (Wildman–Crippen MR) is 222 cm³/mol. The number of fused-ring (bicyclic) bond motifs is 4. The molecule has 1 saturated heterocycles. The van der Waals surface area contributed by atoms with E-state index in [1.807, 2.05) is 128 Å². The predicted octanol–water partition coefficient (Wildman–Crippen LogP) is 8.90. The highest BCUT2D eigenvalue weighted by Gasteiger charge is 2.66. The van der Waals surface area contributed by atoms with Gasteiger partial charge in [-0.05, 0) is 73.1 Å². The first-order valence-electron chi connectivity index (χ1n) is 19.7. The van der Waals surface area contributed by atoms with Crippen molar-refractivity contribution < 1.29 is 28.3 Å². The molecule has 294 valence electrons. The van der Waals surface area contributed by atoms with Gasteiger partial charge in [-0.2, -0.15) is 0 Å². The molecule has 0 aliphatic carbocycles. The molecule has 3 aliphatic heterocycles. The van der Waals surface area contributed by atoms with Crippen molar-refractivity contribution in [1.82, 2.24) is 15.0 Å². The van der Waals surface area contributed by atoms with E-state index < -0.39 is 31.6 Å². The van der Waals surface area contributed by atoms with Gasteiger partial charge >= 0.3 is 0 Å². The molecule has 1 N–H and O–H groups in total. The fourth-order valence-electron chi connectivity index (χ4n) is 9.32. The first-order valence-corrected chi connectivity index (χ1v) is 22.7. The molecule has 1 aromatic heterocycles. The van der Waals surface area contributed by atoms with E-state index in [9.17, 15) is 14.7 Å². The number of rotatable bonds is 10. The third kappa shape index (κ3) is 6.32. The lowest BCUT2D eigenvalue weighted by atomic mass is 9.82. The monoisotopic (exact) mass is 793 g/mol. The third-order valence-corrected chi connectivity index (χ3v) is 14.4.